The van der Waals surface area contributed by atoms with E-state index in [-0.39, 0.29) is 0 Å². The van der Waals surface area contributed by atoms with Gasteiger partial charge in [0.25, 0.3) is 0 Å². The van der Waals surface area contributed by atoms with E-state index in [1.807, 2.05) is 0 Å². The molecule has 1 N–H and O–H groups in total. The van der Waals surface area contributed by atoms with E-state index >= 15 is 0 Å². The maximum Gasteiger partial charge on any atom is 0.0197 e. The van der Waals surface area contributed by atoms with Crippen molar-refractivity contribution >= 4 is 0 Å². The molecule has 72 valence electrons. The van der Waals surface area contributed by atoms with Crippen molar-refractivity contribution in [3.63, 3.8) is 0 Å². The van der Waals surface area contributed by atoms with Gasteiger partial charge in [-0.1, -0.05) is 23.8 Å². The van der Waals surface area contributed by atoms with Crippen LogP contribution in [-0.2, 0) is 0 Å². The van der Waals surface area contributed by atoms with Crippen molar-refractivity contribution in [2.24, 2.45) is 0 Å². The van der Waals surface area contributed by atoms with Gasteiger partial charge in [-0.25, -0.2) is 0 Å². The van der Waals surface area contributed by atoms with Crippen LogP contribution in [0.4, 0.5) is 0 Å². The van der Waals surface area contributed by atoms with Gasteiger partial charge >= 0.3 is 0 Å². The first kappa shape index (κ1) is 8.97. The molecule has 0 atom stereocenters. The lowest BCUT2D eigenvalue weighted by atomic mass is 10.0. The van der Waals surface area contributed by atoms with E-state index in [0.717, 1.165) is 13.1 Å². The number of rotatable bonds is 2. The Balaban J connectivity index is 1.82. The molecule has 1 fully saturated rings. The average molecular weight is 178 g/mol. The zero-order valence-corrected chi connectivity index (χ0v) is 8.13. The molecule has 0 saturated carbocycles. The minimum atomic E-state index is 1.16. The number of hydrogen-bond acceptors (Lipinski definition) is 2. The van der Waals surface area contributed by atoms with Gasteiger partial charge < -0.3 is 5.32 Å². The smallest absolute Gasteiger partial charge is 0.0197 e. The molecule has 2 heteroatoms. The highest BCUT2D eigenvalue weighted by molar-refractivity contribution is 5.18. The van der Waals surface area contributed by atoms with Gasteiger partial charge in [0, 0.05) is 32.7 Å². The van der Waals surface area contributed by atoms with Crippen LogP contribution >= 0.6 is 0 Å². The minimum absolute atomic E-state index is 1.16. The summed E-state index contributed by atoms with van der Waals surface area (Å²) in [4.78, 5) is 2.54. The van der Waals surface area contributed by atoms with Crippen molar-refractivity contribution in [3.8, 4) is 0 Å². The van der Waals surface area contributed by atoms with Crippen molar-refractivity contribution in [1.29, 1.82) is 0 Å². The summed E-state index contributed by atoms with van der Waals surface area (Å²) in [6, 6.07) is 0. The Labute approximate surface area is 80.3 Å². The first-order chi connectivity index (χ1) is 6.45. The number of nitrogens with zero attached hydrogens (tertiary/aromatic N) is 1. The Bertz CT molecular complexity index is 212. The maximum absolute atomic E-state index is 3.38. The molecule has 0 amide bonds. The fourth-order valence-corrected chi connectivity index (χ4v) is 1.94. The lowest BCUT2D eigenvalue weighted by molar-refractivity contribution is 0.257. The lowest BCUT2D eigenvalue weighted by Gasteiger charge is -2.28. The zero-order chi connectivity index (χ0) is 8.93. The number of allylic oxidation sites excluding steroid dienone is 3. The molecule has 1 heterocycles. The summed E-state index contributed by atoms with van der Waals surface area (Å²) in [5.74, 6) is 0. The van der Waals surface area contributed by atoms with Crippen LogP contribution < -0.4 is 5.32 Å². The van der Waals surface area contributed by atoms with Gasteiger partial charge in [0.15, 0.2) is 0 Å². The molecule has 0 unspecified atom stereocenters. The molecule has 0 aromatic heterocycles. The van der Waals surface area contributed by atoms with Crippen LogP contribution in [0.5, 0.6) is 0 Å². The number of hydrogen-bond donors (Lipinski definition) is 1. The summed E-state index contributed by atoms with van der Waals surface area (Å²) in [6.45, 7) is 5.92. The highest BCUT2D eigenvalue weighted by atomic mass is 15.2. The van der Waals surface area contributed by atoms with Crippen molar-refractivity contribution in [3.05, 3.63) is 23.8 Å². The van der Waals surface area contributed by atoms with E-state index in [1.54, 1.807) is 5.57 Å². The van der Waals surface area contributed by atoms with Crippen molar-refractivity contribution < 1.29 is 0 Å². The highest BCUT2D eigenvalue weighted by Gasteiger charge is 2.11. The van der Waals surface area contributed by atoms with E-state index in [2.05, 4.69) is 28.4 Å². The van der Waals surface area contributed by atoms with E-state index in [1.165, 1.54) is 32.5 Å². The second-order valence-corrected chi connectivity index (χ2v) is 3.82. The molecular weight excluding hydrogens is 160 g/mol. The molecule has 2 nitrogen and oxygen atoms in total. The third-order valence-electron chi connectivity index (χ3n) is 2.74. The monoisotopic (exact) mass is 178 g/mol. The first-order valence-electron chi connectivity index (χ1n) is 5.23. The Morgan fingerprint density at radius 2 is 2.15 bits per heavy atom. The largest absolute Gasteiger partial charge is 0.314 e. The second-order valence-electron chi connectivity index (χ2n) is 3.82. The van der Waals surface area contributed by atoms with Gasteiger partial charge in [0.2, 0.25) is 0 Å². The van der Waals surface area contributed by atoms with Crippen molar-refractivity contribution in [2.75, 3.05) is 32.7 Å². The third-order valence-corrected chi connectivity index (χ3v) is 2.74. The molecule has 1 aliphatic heterocycles. The highest BCUT2D eigenvalue weighted by Crippen LogP contribution is 2.13. The molecule has 1 saturated heterocycles. The topological polar surface area (TPSA) is 15.3 Å². The van der Waals surface area contributed by atoms with Gasteiger partial charge in [-0.15, -0.1) is 0 Å². The summed E-state index contributed by atoms with van der Waals surface area (Å²) in [5, 5.41) is 3.38. The van der Waals surface area contributed by atoms with Gasteiger partial charge in [0.1, 0.15) is 0 Å². The molecule has 0 bridgehead atoms. The van der Waals surface area contributed by atoms with Crippen molar-refractivity contribution in [1.82, 2.24) is 10.2 Å². The van der Waals surface area contributed by atoms with Crippen molar-refractivity contribution in [2.45, 2.75) is 12.8 Å². The maximum atomic E-state index is 3.38. The third kappa shape index (κ3) is 2.68. The molecule has 13 heavy (non-hydrogen) atoms. The van der Waals surface area contributed by atoms with Crippen LogP contribution in [0, 0.1) is 0 Å². The number of nitrogens with one attached hydrogen (secondary N) is 1. The van der Waals surface area contributed by atoms with E-state index in [4.69, 9.17) is 0 Å². The summed E-state index contributed by atoms with van der Waals surface area (Å²) < 4.78 is 0. The van der Waals surface area contributed by atoms with Crippen LogP contribution in [0.2, 0.25) is 0 Å². The molecule has 2 rings (SSSR count). The summed E-state index contributed by atoms with van der Waals surface area (Å²) >= 11 is 0. The van der Waals surface area contributed by atoms with Crippen LogP contribution in [-0.4, -0.2) is 37.6 Å². The van der Waals surface area contributed by atoms with E-state index < -0.39 is 0 Å². The molecule has 0 aromatic carbocycles. The second kappa shape index (κ2) is 4.58. The fraction of sp³-hybridized carbons (Fsp3) is 0.636. The molecule has 0 radical (unpaired) electrons. The Kier molecular flexibility index (Phi) is 3.16. The zero-order valence-electron chi connectivity index (χ0n) is 8.13. The molecule has 1 aliphatic carbocycles. The van der Waals surface area contributed by atoms with Gasteiger partial charge in [-0.05, 0) is 12.8 Å². The molecule has 2 aliphatic rings. The normalized spacial score (nSPS) is 24.5. The summed E-state index contributed by atoms with van der Waals surface area (Å²) in [7, 11) is 0. The van der Waals surface area contributed by atoms with E-state index in [9.17, 15) is 0 Å². The molecular formula is C11H18N2. The first-order valence-corrected chi connectivity index (χ1v) is 5.23. The quantitative estimate of drug-likeness (QED) is 0.683. The van der Waals surface area contributed by atoms with E-state index in [0.29, 0.717) is 0 Å². The van der Waals surface area contributed by atoms with Crippen LogP contribution in [0.1, 0.15) is 12.8 Å². The lowest BCUT2D eigenvalue weighted by Crippen LogP contribution is -2.44. The van der Waals surface area contributed by atoms with Gasteiger partial charge in [-0.3, -0.25) is 4.90 Å². The predicted molar refractivity (Wildman–Crippen MR) is 55.8 cm³/mol. The van der Waals surface area contributed by atoms with Crippen LogP contribution in [0.15, 0.2) is 23.8 Å². The Hall–Kier alpha value is -0.600. The molecule has 0 aromatic rings. The van der Waals surface area contributed by atoms with Crippen LogP contribution in [0.25, 0.3) is 0 Å². The Morgan fingerprint density at radius 1 is 1.31 bits per heavy atom. The summed E-state index contributed by atoms with van der Waals surface area (Å²) in [6.07, 6.45) is 9.23. The minimum Gasteiger partial charge on any atom is -0.314 e. The fourth-order valence-electron chi connectivity index (χ4n) is 1.94. The standard InChI is InChI=1S/C11H18N2/c1-2-4-11(5-3-1)10-13-8-6-12-7-9-13/h1-2,4,12H,3,5-10H2. The Morgan fingerprint density at radius 3 is 2.85 bits per heavy atom. The van der Waals surface area contributed by atoms with Gasteiger partial charge in [-0.2, -0.15) is 0 Å². The number of piperazine rings is 1. The molecule has 0 spiro atoms. The summed E-state index contributed by atoms with van der Waals surface area (Å²) in [5.41, 5.74) is 1.60. The van der Waals surface area contributed by atoms with Gasteiger partial charge in [0.05, 0.1) is 0 Å². The van der Waals surface area contributed by atoms with Crippen LogP contribution in [0.3, 0.4) is 0 Å². The average Bonchev–Trinajstić information content (AvgIpc) is 2.21. The predicted octanol–water partition coefficient (Wildman–Crippen LogP) is 1.17. The SMILES string of the molecule is C1=CCCC(CN2CCNCC2)=C1.